The lowest BCUT2D eigenvalue weighted by molar-refractivity contribution is -0.148. The topological polar surface area (TPSA) is 83.0 Å². The first-order valence-corrected chi connectivity index (χ1v) is 4.36. The van der Waals surface area contributed by atoms with E-state index in [0.717, 1.165) is 10.9 Å². The van der Waals surface area contributed by atoms with Crippen LogP contribution < -0.4 is 0 Å². The number of hydrogen-bond acceptors (Lipinski definition) is 3. The van der Waals surface area contributed by atoms with Crippen molar-refractivity contribution < 1.29 is 14.7 Å². The quantitative estimate of drug-likeness (QED) is 0.723. The van der Waals surface area contributed by atoms with Crippen molar-refractivity contribution in [2.75, 3.05) is 0 Å². The minimum Gasteiger partial charge on any atom is -0.475 e. The Morgan fingerprint density at radius 1 is 1.33 bits per heavy atom. The first-order chi connectivity index (χ1) is 7.18. The molecule has 5 nitrogen and oxygen atoms in total. The molecule has 2 rings (SSSR count). The number of benzene rings is 1. The van der Waals surface area contributed by atoms with E-state index in [2.05, 4.69) is 10.2 Å². The minimum absolute atomic E-state index is 0.157. The van der Waals surface area contributed by atoms with Gasteiger partial charge >= 0.3 is 5.97 Å². The van der Waals surface area contributed by atoms with Crippen molar-refractivity contribution in [1.29, 1.82) is 0 Å². The molecule has 0 radical (unpaired) electrons. The Bertz CT molecular complexity index is 530. The number of aromatic nitrogens is 2. The number of rotatable bonds is 3. The molecule has 0 amide bonds. The average molecular weight is 204 g/mol. The van der Waals surface area contributed by atoms with Crippen LogP contribution in [0.25, 0.3) is 10.9 Å². The Kier molecular flexibility index (Phi) is 2.21. The Morgan fingerprint density at radius 3 is 2.80 bits per heavy atom. The lowest BCUT2D eigenvalue weighted by Gasteiger charge is -1.93. The summed E-state index contributed by atoms with van der Waals surface area (Å²) >= 11 is 0. The van der Waals surface area contributed by atoms with Gasteiger partial charge in [0.05, 0.1) is 17.6 Å². The van der Waals surface area contributed by atoms with E-state index in [4.69, 9.17) is 5.11 Å². The van der Waals surface area contributed by atoms with Crippen LogP contribution in [0, 0.1) is 0 Å². The number of fused-ring (bicyclic) bond motifs is 1. The van der Waals surface area contributed by atoms with Gasteiger partial charge in [-0.25, -0.2) is 4.79 Å². The van der Waals surface area contributed by atoms with Crippen LogP contribution in [-0.4, -0.2) is 27.1 Å². The maximum atomic E-state index is 11.0. The molecule has 2 aromatic rings. The van der Waals surface area contributed by atoms with Crippen molar-refractivity contribution in [1.82, 2.24) is 10.2 Å². The van der Waals surface area contributed by atoms with Crippen molar-refractivity contribution in [3.8, 4) is 0 Å². The zero-order valence-corrected chi connectivity index (χ0v) is 7.73. The fourth-order valence-corrected chi connectivity index (χ4v) is 1.39. The van der Waals surface area contributed by atoms with E-state index in [0.29, 0.717) is 5.69 Å². The van der Waals surface area contributed by atoms with E-state index < -0.39 is 11.8 Å². The number of nitrogens with zero attached hydrogens (tertiary/aromatic N) is 1. The van der Waals surface area contributed by atoms with Crippen LogP contribution in [0.15, 0.2) is 24.3 Å². The molecule has 0 saturated heterocycles. The number of ketones is 1. The number of hydrogen-bond donors (Lipinski definition) is 2. The molecule has 0 bridgehead atoms. The van der Waals surface area contributed by atoms with E-state index >= 15 is 0 Å². The fraction of sp³-hybridized carbons (Fsp3) is 0.100. The highest BCUT2D eigenvalue weighted by Crippen LogP contribution is 2.15. The van der Waals surface area contributed by atoms with Crippen LogP contribution in [0.3, 0.4) is 0 Å². The first-order valence-electron chi connectivity index (χ1n) is 4.36. The van der Waals surface area contributed by atoms with Gasteiger partial charge in [-0.2, -0.15) is 5.10 Å². The monoisotopic (exact) mass is 204 g/mol. The summed E-state index contributed by atoms with van der Waals surface area (Å²) in [6, 6.07) is 7.22. The van der Waals surface area contributed by atoms with Crippen molar-refractivity contribution in [3.63, 3.8) is 0 Å². The van der Waals surface area contributed by atoms with Gasteiger partial charge in [0.25, 0.3) is 0 Å². The Morgan fingerprint density at radius 2 is 2.07 bits per heavy atom. The number of carboxylic acids is 1. The van der Waals surface area contributed by atoms with Gasteiger partial charge in [-0.05, 0) is 6.07 Å². The SMILES string of the molecule is O=C(O)C(=O)Cc1[nH]nc2ccccc12. The highest BCUT2D eigenvalue weighted by molar-refractivity contribution is 6.33. The van der Waals surface area contributed by atoms with Crippen LogP contribution in [0.1, 0.15) is 5.69 Å². The predicted octanol–water partition coefficient (Wildman–Crippen LogP) is 0.759. The summed E-state index contributed by atoms with van der Waals surface area (Å²) in [4.78, 5) is 21.4. The predicted molar refractivity (Wildman–Crippen MR) is 52.4 cm³/mol. The van der Waals surface area contributed by atoms with E-state index in [1.807, 2.05) is 12.1 Å². The zero-order chi connectivity index (χ0) is 10.8. The summed E-state index contributed by atoms with van der Waals surface area (Å²) in [6.07, 6.45) is -0.157. The largest absolute Gasteiger partial charge is 0.475 e. The molecule has 5 heteroatoms. The number of aromatic amines is 1. The van der Waals surface area contributed by atoms with E-state index in [9.17, 15) is 9.59 Å². The lowest BCUT2D eigenvalue weighted by atomic mass is 10.1. The van der Waals surface area contributed by atoms with Gasteiger partial charge in [0.15, 0.2) is 0 Å². The number of nitrogens with one attached hydrogen (secondary N) is 1. The molecule has 0 spiro atoms. The molecule has 15 heavy (non-hydrogen) atoms. The van der Waals surface area contributed by atoms with Gasteiger partial charge in [-0.3, -0.25) is 9.89 Å². The number of aliphatic carboxylic acids is 1. The molecule has 0 unspecified atom stereocenters. The molecule has 0 aliphatic rings. The smallest absolute Gasteiger partial charge is 0.372 e. The second-order valence-corrected chi connectivity index (χ2v) is 3.12. The molecule has 0 atom stereocenters. The number of carbonyl (C=O) groups excluding carboxylic acids is 1. The van der Waals surface area contributed by atoms with Gasteiger partial charge in [0.1, 0.15) is 0 Å². The van der Waals surface area contributed by atoms with E-state index in [-0.39, 0.29) is 6.42 Å². The Balaban J connectivity index is 2.37. The van der Waals surface area contributed by atoms with Crippen molar-refractivity contribution in [2.24, 2.45) is 0 Å². The van der Waals surface area contributed by atoms with Crippen LogP contribution in [0.5, 0.6) is 0 Å². The highest BCUT2D eigenvalue weighted by Gasteiger charge is 2.15. The van der Waals surface area contributed by atoms with Gasteiger partial charge in [-0.1, -0.05) is 18.2 Å². The molecule has 1 aromatic heterocycles. The summed E-state index contributed by atoms with van der Waals surface area (Å²) in [7, 11) is 0. The normalized spacial score (nSPS) is 10.4. The average Bonchev–Trinajstić information content (AvgIpc) is 2.62. The summed E-state index contributed by atoms with van der Waals surface area (Å²) in [5, 5.41) is 15.9. The fourth-order valence-electron chi connectivity index (χ4n) is 1.39. The molecule has 0 aliphatic heterocycles. The zero-order valence-electron chi connectivity index (χ0n) is 7.73. The van der Waals surface area contributed by atoms with Crippen LogP contribution in [0.4, 0.5) is 0 Å². The molecule has 0 aliphatic carbocycles. The number of carbonyl (C=O) groups is 2. The third-order valence-electron chi connectivity index (χ3n) is 2.12. The van der Waals surface area contributed by atoms with Crippen molar-refractivity contribution >= 4 is 22.7 Å². The lowest BCUT2D eigenvalue weighted by Crippen LogP contribution is -2.15. The number of para-hydroxylation sites is 1. The highest BCUT2D eigenvalue weighted by atomic mass is 16.4. The van der Waals surface area contributed by atoms with Crippen molar-refractivity contribution in [3.05, 3.63) is 30.0 Å². The Hall–Kier alpha value is -2.17. The van der Waals surface area contributed by atoms with E-state index in [1.165, 1.54) is 0 Å². The van der Waals surface area contributed by atoms with Gasteiger partial charge in [0.2, 0.25) is 5.78 Å². The number of Topliss-reactive ketones (excluding diaryl/α,β-unsaturated/α-hetero) is 1. The maximum absolute atomic E-state index is 11.0. The summed E-state index contributed by atoms with van der Waals surface area (Å²) in [5.41, 5.74) is 1.27. The molecule has 2 N–H and O–H groups in total. The number of carboxylic acid groups (broad SMARTS) is 1. The first kappa shape index (κ1) is 9.39. The van der Waals surface area contributed by atoms with Crippen LogP contribution in [-0.2, 0) is 16.0 Å². The molecule has 1 heterocycles. The standard InChI is InChI=1S/C10H8N2O3/c13-9(10(14)15)5-8-6-3-1-2-4-7(6)11-12-8/h1-4H,5H2,(H,11,12)(H,14,15). The Labute approximate surface area is 84.7 Å². The second kappa shape index (κ2) is 3.53. The van der Waals surface area contributed by atoms with Gasteiger partial charge in [-0.15, -0.1) is 0 Å². The summed E-state index contributed by atoms with van der Waals surface area (Å²) in [5.74, 6) is -2.27. The van der Waals surface area contributed by atoms with Gasteiger partial charge < -0.3 is 5.11 Å². The summed E-state index contributed by atoms with van der Waals surface area (Å²) < 4.78 is 0. The molecular weight excluding hydrogens is 196 g/mol. The molecule has 0 fully saturated rings. The van der Waals surface area contributed by atoms with Gasteiger partial charge in [0, 0.05) is 5.39 Å². The van der Waals surface area contributed by atoms with Crippen LogP contribution in [0.2, 0.25) is 0 Å². The van der Waals surface area contributed by atoms with Crippen LogP contribution >= 0.6 is 0 Å². The molecule has 0 saturated carbocycles. The molecular formula is C10H8N2O3. The number of H-pyrrole nitrogens is 1. The minimum atomic E-state index is -1.42. The summed E-state index contributed by atoms with van der Waals surface area (Å²) in [6.45, 7) is 0. The third-order valence-corrected chi connectivity index (χ3v) is 2.12. The second-order valence-electron chi connectivity index (χ2n) is 3.12. The third kappa shape index (κ3) is 1.71. The molecule has 76 valence electrons. The van der Waals surface area contributed by atoms with E-state index in [1.54, 1.807) is 12.1 Å². The molecule has 1 aromatic carbocycles. The van der Waals surface area contributed by atoms with Crippen molar-refractivity contribution in [2.45, 2.75) is 6.42 Å². The maximum Gasteiger partial charge on any atom is 0.372 e.